The largest absolute Gasteiger partial charge is 0.358 e. The van der Waals surface area contributed by atoms with E-state index in [1.807, 2.05) is 43.3 Å². The van der Waals surface area contributed by atoms with Crippen molar-refractivity contribution in [1.29, 1.82) is 0 Å². The van der Waals surface area contributed by atoms with Crippen molar-refractivity contribution in [2.24, 2.45) is 0 Å². The number of rotatable bonds is 3. The lowest BCUT2D eigenvalue weighted by Gasteiger charge is -2.37. The highest BCUT2D eigenvalue weighted by Crippen LogP contribution is 2.34. The minimum atomic E-state index is -0.213. The molecule has 1 aliphatic heterocycles. The summed E-state index contributed by atoms with van der Waals surface area (Å²) in [7, 11) is 0. The second-order valence-corrected chi connectivity index (χ2v) is 5.51. The summed E-state index contributed by atoms with van der Waals surface area (Å²) in [5.74, 6) is 0. The quantitative estimate of drug-likeness (QED) is 0.640. The monoisotopic (exact) mass is 282 g/mol. The van der Waals surface area contributed by atoms with E-state index in [0.29, 0.717) is 0 Å². The van der Waals surface area contributed by atoms with Crippen LogP contribution >= 0.6 is 0 Å². The van der Waals surface area contributed by atoms with Gasteiger partial charge in [0.2, 0.25) is 6.54 Å². The van der Waals surface area contributed by atoms with Gasteiger partial charge in [-0.25, -0.2) is 0 Å². The Hall–Kier alpha value is -2.36. The van der Waals surface area contributed by atoms with Crippen molar-refractivity contribution in [1.82, 2.24) is 0 Å². The van der Waals surface area contributed by atoms with Gasteiger partial charge < -0.3 is 4.90 Å². The molecular weight excluding hydrogens is 264 g/mol. The fourth-order valence-electron chi connectivity index (χ4n) is 3.11. The Bertz CT molecular complexity index is 669. The second kappa shape index (κ2) is 5.56. The Balaban J connectivity index is 2.02. The highest BCUT2D eigenvalue weighted by atomic mass is 16.6. The summed E-state index contributed by atoms with van der Waals surface area (Å²) < 4.78 is 0. The standard InChI is InChI=1S/C17H18N2O2/c1-13-5-4-7-15(11-13)18-10-9-14-6-2-3-8-16(14)17(18)12-19(20)21/h2-8,11,17H,9-10,12H2,1H3/t17-/m0/s1. The van der Waals surface area contributed by atoms with Crippen molar-refractivity contribution in [2.75, 3.05) is 18.0 Å². The summed E-state index contributed by atoms with van der Waals surface area (Å²) in [6.45, 7) is 2.80. The molecule has 0 N–H and O–H groups in total. The van der Waals surface area contributed by atoms with Crippen LogP contribution in [0.25, 0.3) is 0 Å². The molecule has 0 saturated carbocycles. The number of nitro groups is 1. The number of benzene rings is 2. The van der Waals surface area contributed by atoms with Crippen molar-refractivity contribution in [3.05, 3.63) is 75.3 Å². The molecule has 4 heteroatoms. The van der Waals surface area contributed by atoms with Crippen LogP contribution in [-0.4, -0.2) is 18.0 Å². The molecular formula is C17H18N2O2. The third-order valence-electron chi connectivity index (χ3n) is 4.07. The van der Waals surface area contributed by atoms with Gasteiger partial charge in [-0.1, -0.05) is 36.4 Å². The molecule has 1 heterocycles. The van der Waals surface area contributed by atoms with E-state index in [1.54, 1.807) is 0 Å². The van der Waals surface area contributed by atoms with Gasteiger partial charge in [-0.15, -0.1) is 0 Å². The molecule has 0 bridgehead atoms. The van der Waals surface area contributed by atoms with Crippen LogP contribution in [0, 0.1) is 17.0 Å². The van der Waals surface area contributed by atoms with Crippen molar-refractivity contribution in [2.45, 2.75) is 19.4 Å². The molecule has 2 aromatic rings. The summed E-state index contributed by atoms with van der Waals surface area (Å²) in [4.78, 5) is 13.1. The number of hydrogen-bond acceptors (Lipinski definition) is 3. The summed E-state index contributed by atoms with van der Waals surface area (Å²) >= 11 is 0. The average molecular weight is 282 g/mol. The average Bonchev–Trinajstić information content (AvgIpc) is 2.47. The van der Waals surface area contributed by atoms with Crippen molar-refractivity contribution in [3.63, 3.8) is 0 Å². The number of fused-ring (bicyclic) bond motifs is 1. The molecule has 3 rings (SSSR count). The molecule has 0 aliphatic carbocycles. The Kier molecular flexibility index (Phi) is 3.60. The zero-order chi connectivity index (χ0) is 14.8. The first-order valence-electron chi connectivity index (χ1n) is 7.18. The van der Waals surface area contributed by atoms with Crippen LogP contribution in [0.15, 0.2) is 48.5 Å². The van der Waals surface area contributed by atoms with E-state index in [2.05, 4.69) is 17.0 Å². The van der Waals surface area contributed by atoms with E-state index in [4.69, 9.17) is 0 Å². The van der Waals surface area contributed by atoms with E-state index in [0.717, 1.165) is 24.2 Å². The maximum Gasteiger partial charge on any atom is 0.228 e. The van der Waals surface area contributed by atoms with Gasteiger partial charge in [0, 0.05) is 17.2 Å². The molecule has 2 aromatic carbocycles. The van der Waals surface area contributed by atoms with Gasteiger partial charge in [0.1, 0.15) is 6.04 Å². The summed E-state index contributed by atoms with van der Waals surface area (Å²) in [5.41, 5.74) is 4.55. The first-order chi connectivity index (χ1) is 10.1. The van der Waals surface area contributed by atoms with E-state index >= 15 is 0 Å². The SMILES string of the molecule is Cc1cccc(N2CCc3ccccc3[C@@H]2C[N+](=O)[O-])c1. The molecule has 21 heavy (non-hydrogen) atoms. The number of hydrogen-bond donors (Lipinski definition) is 0. The minimum Gasteiger partial charge on any atom is -0.358 e. The van der Waals surface area contributed by atoms with E-state index in [9.17, 15) is 10.1 Å². The van der Waals surface area contributed by atoms with Crippen LogP contribution < -0.4 is 4.90 Å². The molecule has 1 aliphatic rings. The van der Waals surface area contributed by atoms with Crippen molar-refractivity contribution in [3.8, 4) is 0 Å². The fraction of sp³-hybridized carbons (Fsp3) is 0.294. The van der Waals surface area contributed by atoms with E-state index in [-0.39, 0.29) is 17.5 Å². The van der Waals surface area contributed by atoms with Crippen LogP contribution in [-0.2, 0) is 6.42 Å². The third kappa shape index (κ3) is 2.75. The Morgan fingerprint density at radius 2 is 2.05 bits per heavy atom. The summed E-state index contributed by atoms with van der Waals surface area (Å²) in [5, 5.41) is 11.1. The normalized spacial score (nSPS) is 17.4. The minimum absolute atomic E-state index is 0.0645. The lowest BCUT2D eigenvalue weighted by Crippen LogP contribution is -2.39. The maximum absolute atomic E-state index is 11.1. The Labute approximate surface area is 124 Å². The maximum atomic E-state index is 11.1. The molecule has 0 unspecified atom stereocenters. The molecule has 1 atom stereocenters. The number of aryl methyl sites for hydroxylation is 1. The zero-order valence-electron chi connectivity index (χ0n) is 12.0. The molecule has 0 aromatic heterocycles. The Morgan fingerprint density at radius 3 is 2.81 bits per heavy atom. The first kappa shape index (κ1) is 13.6. The predicted molar refractivity (Wildman–Crippen MR) is 83.3 cm³/mol. The van der Waals surface area contributed by atoms with Gasteiger partial charge in [0.05, 0.1) is 0 Å². The van der Waals surface area contributed by atoms with E-state index < -0.39 is 0 Å². The van der Waals surface area contributed by atoms with Crippen molar-refractivity contribution >= 4 is 5.69 Å². The van der Waals surface area contributed by atoms with Crippen LogP contribution in [0.2, 0.25) is 0 Å². The summed E-state index contributed by atoms with van der Waals surface area (Å²) in [6.07, 6.45) is 0.929. The predicted octanol–water partition coefficient (Wildman–Crippen LogP) is 3.38. The highest BCUT2D eigenvalue weighted by molar-refractivity contribution is 5.53. The molecule has 0 fully saturated rings. The zero-order valence-corrected chi connectivity index (χ0v) is 12.0. The smallest absolute Gasteiger partial charge is 0.228 e. The summed E-state index contributed by atoms with van der Waals surface area (Å²) in [6, 6.07) is 16.1. The van der Waals surface area contributed by atoms with Crippen LogP contribution in [0.5, 0.6) is 0 Å². The number of nitrogens with zero attached hydrogens (tertiary/aromatic N) is 2. The van der Waals surface area contributed by atoms with Crippen LogP contribution in [0.4, 0.5) is 5.69 Å². The molecule has 108 valence electrons. The second-order valence-electron chi connectivity index (χ2n) is 5.51. The van der Waals surface area contributed by atoms with Gasteiger partial charge in [0.15, 0.2) is 0 Å². The third-order valence-corrected chi connectivity index (χ3v) is 4.07. The number of anilines is 1. The molecule has 4 nitrogen and oxygen atoms in total. The molecule has 0 amide bonds. The van der Waals surface area contributed by atoms with Crippen LogP contribution in [0.1, 0.15) is 22.7 Å². The van der Waals surface area contributed by atoms with E-state index in [1.165, 1.54) is 11.1 Å². The molecule has 0 saturated heterocycles. The lowest BCUT2D eigenvalue weighted by molar-refractivity contribution is -0.483. The van der Waals surface area contributed by atoms with Gasteiger partial charge in [-0.2, -0.15) is 0 Å². The fourth-order valence-corrected chi connectivity index (χ4v) is 3.11. The topological polar surface area (TPSA) is 46.4 Å². The van der Waals surface area contributed by atoms with Gasteiger partial charge in [-0.3, -0.25) is 10.1 Å². The molecule has 0 radical (unpaired) electrons. The lowest BCUT2D eigenvalue weighted by atomic mass is 9.92. The first-order valence-corrected chi connectivity index (χ1v) is 7.18. The van der Waals surface area contributed by atoms with Gasteiger partial charge >= 0.3 is 0 Å². The highest BCUT2D eigenvalue weighted by Gasteiger charge is 2.31. The van der Waals surface area contributed by atoms with Crippen LogP contribution in [0.3, 0.4) is 0 Å². The van der Waals surface area contributed by atoms with Gasteiger partial charge in [0.25, 0.3) is 0 Å². The molecule has 0 spiro atoms. The van der Waals surface area contributed by atoms with Gasteiger partial charge in [-0.05, 0) is 42.2 Å². The Morgan fingerprint density at radius 1 is 1.24 bits per heavy atom. The van der Waals surface area contributed by atoms with Crippen molar-refractivity contribution < 1.29 is 4.92 Å².